The fourth-order valence-corrected chi connectivity index (χ4v) is 10.8. The highest BCUT2D eigenvalue weighted by atomic mass is 32.2. The van der Waals surface area contributed by atoms with Gasteiger partial charge < -0.3 is 13.9 Å². The van der Waals surface area contributed by atoms with E-state index >= 15 is 0 Å². The van der Waals surface area contributed by atoms with E-state index in [0.717, 1.165) is 42.3 Å². The Balaban J connectivity index is 1.41. The lowest BCUT2D eigenvalue weighted by Gasteiger charge is -2.37. The van der Waals surface area contributed by atoms with Gasteiger partial charge in [-0.25, -0.2) is 4.79 Å². The van der Waals surface area contributed by atoms with Crippen LogP contribution in [-0.4, -0.2) is 89.0 Å². The Morgan fingerprint density at radius 3 is 1.57 bits per heavy atom. The van der Waals surface area contributed by atoms with Gasteiger partial charge in [-0.05, 0) is 93.2 Å². The number of carbonyl (C=O) groups excluding carboxylic acids is 3. The lowest BCUT2D eigenvalue weighted by Crippen LogP contribution is -2.60. The number of ether oxygens (including phenoxy) is 1. The number of methoxy groups -OCH3 is 1. The first-order valence-corrected chi connectivity index (χ1v) is 23.8. The molecule has 8 rings (SSSR count). The fourth-order valence-electron chi connectivity index (χ4n) is 9.46. The number of benzene rings is 4. The van der Waals surface area contributed by atoms with Gasteiger partial charge in [-0.15, -0.1) is 0 Å². The van der Waals surface area contributed by atoms with Crippen molar-refractivity contribution in [2.45, 2.75) is 82.3 Å². The number of nitrogens with zero attached hydrogens (tertiary/aromatic N) is 4. The summed E-state index contributed by atoms with van der Waals surface area (Å²) in [6.45, 7) is 8.78. The third-order valence-corrected chi connectivity index (χ3v) is 14.0. The van der Waals surface area contributed by atoms with Crippen molar-refractivity contribution in [2.75, 3.05) is 20.3 Å². The lowest BCUT2D eigenvalue weighted by atomic mass is 9.94. The minimum absolute atomic E-state index is 0.0516. The molecule has 63 heavy (non-hydrogen) atoms. The molecule has 4 aromatic carbocycles. The minimum atomic E-state index is -4.53. The predicted molar refractivity (Wildman–Crippen MR) is 242 cm³/mol. The molecular formula is C47H48N4O10S2. The van der Waals surface area contributed by atoms with Crippen molar-refractivity contribution in [1.29, 1.82) is 0 Å². The van der Waals surface area contributed by atoms with Crippen LogP contribution in [0.4, 0.5) is 4.79 Å². The van der Waals surface area contributed by atoms with Gasteiger partial charge in [0.05, 0.1) is 12.6 Å². The second-order valence-corrected chi connectivity index (χ2v) is 18.7. The Kier molecular flexibility index (Phi) is 11.6. The van der Waals surface area contributed by atoms with E-state index in [4.69, 9.17) is 4.74 Å². The molecule has 1 saturated heterocycles. The van der Waals surface area contributed by atoms with Gasteiger partial charge in [-0.3, -0.25) is 28.5 Å². The topological polar surface area (TPSA) is 186 Å². The summed E-state index contributed by atoms with van der Waals surface area (Å²) in [5.41, 5.74) is 3.14. The first-order valence-electron chi connectivity index (χ1n) is 20.9. The summed E-state index contributed by atoms with van der Waals surface area (Å²) in [7, 11) is -7.58. The summed E-state index contributed by atoms with van der Waals surface area (Å²) in [6.07, 6.45) is 9.62. The smallest absolute Gasteiger partial charge is 0.334 e. The minimum Gasteiger partial charge on any atom is -0.383 e. The molecule has 16 heteroatoms. The van der Waals surface area contributed by atoms with Crippen LogP contribution in [0.2, 0.25) is 0 Å². The van der Waals surface area contributed by atoms with E-state index < -0.39 is 44.1 Å². The summed E-state index contributed by atoms with van der Waals surface area (Å²) in [5, 5.41) is 5.07. The van der Waals surface area contributed by atoms with Gasteiger partial charge in [0, 0.05) is 80.8 Å². The Morgan fingerprint density at radius 1 is 0.667 bits per heavy atom. The van der Waals surface area contributed by atoms with E-state index in [9.17, 15) is 40.3 Å². The Hall–Kier alpha value is -5.91. The average Bonchev–Trinajstić information content (AvgIpc) is 3.89. The summed E-state index contributed by atoms with van der Waals surface area (Å²) in [5.74, 6) is -1.42. The molecule has 0 radical (unpaired) electrons. The van der Waals surface area contributed by atoms with Crippen molar-refractivity contribution in [3.8, 4) is 0 Å². The van der Waals surface area contributed by atoms with Crippen LogP contribution >= 0.6 is 0 Å². The Morgan fingerprint density at radius 2 is 1.14 bits per heavy atom. The molecule has 0 bridgehead atoms. The first-order chi connectivity index (χ1) is 30.1. The predicted octanol–water partition coefficient (Wildman–Crippen LogP) is 6.70. The van der Waals surface area contributed by atoms with Gasteiger partial charge in [-0.1, -0.05) is 61.9 Å². The summed E-state index contributed by atoms with van der Waals surface area (Å²) in [6, 6.07) is 15.3. The number of imide groups is 2. The summed E-state index contributed by atoms with van der Waals surface area (Å²) >= 11 is 0. The standard InChI is InChI=1S/C47H48N4O10S2/c1-6-9-26-50-45(52)44(46(53)51(47(50)54)28(4)27-61-5)41-29(18-20-35-31-12-10-14-33-39(62(55,56)57)24-22-37(42(31)33)48(35)7-2)16-17-30(41)19-21-36-32-13-11-15-34-40(63(58,59)60)25-23-38(43(32)34)49(36)8-3/h10-15,18-25,28H,6-9,16-17,26-27H2,1-5H3,(H,55,56,57)(H,58,59,60)/b29-18+,30-19+,35-20+,36-21+. The van der Waals surface area contributed by atoms with E-state index in [1.165, 1.54) is 19.2 Å². The molecule has 2 aliphatic rings. The van der Waals surface area contributed by atoms with Crippen LogP contribution in [-0.2, 0) is 47.7 Å². The van der Waals surface area contributed by atoms with Crippen LogP contribution in [0.25, 0.3) is 55.5 Å². The second-order valence-electron chi connectivity index (χ2n) is 15.9. The molecule has 14 nitrogen and oxygen atoms in total. The Labute approximate surface area is 364 Å². The van der Waals surface area contributed by atoms with E-state index in [1.807, 2.05) is 66.3 Å². The number of carbonyl (C=O) groups is 3. The van der Waals surface area contributed by atoms with E-state index in [1.54, 1.807) is 43.3 Å². The average molecular weight is 893 g/mol. The zero-order valence-electron chi connectivity index (χ0n) is 35.6. The molecule has 2 fully saturated rings. The SMILES string of the molecule is CCCCN1C(=O)C(=C2/C(=C/C=c3\c4cccc5c(S(=O)(=O)O)ccc(c54)n3CC)CC/C2=C\C=c2/c3cccc4c(S(=O)(=O)O)ccc(c43)n2CC)C(=O)N(C(C)COC)C1=O. The van der Waals surface area contributed by atoms with Gasteiger partial charge in [0.25, 0.3) is 32.1 Å². The number of allylic oxidation sites excluding steroid dienone is 5. The van der Waals surface area contributed by atoms with Gasteiger partial charge in [-0.2, -0.15) is 16.8 Å². The largest absolute Gasteiger partial charge is 0.383 e. The molecule has 1 aliphatic carbocycles. The van der Waals surface area contributed by atoms with Crippen molar-refractivity contribution < 1.29 is 45.1 Å². The number of hydrogen-bond donors (Lipinski definition) is 2. The maximum absolute atomic E-state index is 14.8. The normalized spacial score (nSPS) is 18.2. The maximum Gasteiger partial charge on any atom is 0.334 e. The molecule has 328 valence electrons. The molecule has 0 spiro atoms. The van der Waals surface area contributed by atoms with Crippen LogP contribution in [0.3, 0.4) is 0 Å². The fraction of sp³-hybridized carbons (Fsp3) is 0.298. The van der Waals surface area contributed by atoms with E-state index in [0.29, 0.717) is 77.0 Å². The van der Waals surface area contributed by atoms with E-state index in [2.05, 4.69) is 0 Å². The quantitative estimate of drug-likeness (QED) is 0.0761. The zero-order chi connectivity index (χ0) is 45.1. The van der Waals surface area contributed by atoms with Crippen LogP contribution in [0, 0.1) is 0 Å². The highest BCUT2D eigenvalue weighted by Crippen LogP contribution is 2.41. The van der Waals surface area contributed by atoms with Crippen molar-refractivity contribution in [3.63, 3.8) is 0 Å². The highest BCUT2D eigenvalue weighted by molar-refractivity contribution is 7.86. The van der Waals surface area contributed by atoms with Gasteiger partial charge in [0.15, 0.2) is 0 Å². The van der Waals surface area contributed by atoms with Gasteiger partial charge >= 0.3 is 6.03 Å². The van der Waals surface area contributed by atoms with Crippen molar-refractivity contribution in [2.24, 2.45) is 0 Å². The summed E-state index contributed by atoms with van der Waals surface area (Å²) < 4.78 is 79.2. The van der Waals surface area contributed by atoms with Crippen LogP contribution in [0.15, 0.2) is 105 Å². The van der Waals surface area contributed by atoms with E-state index in [-0.39, 0.29) is 28.5 Å². The zero-order valence-corrected chi connectivity index (χ0v) is 37.2. The lowest BCUT2D eigenvalue weighted by molar-refractivity contribution is -0.137. The van der Waals surface area contributed by atoms with Gasteiger partial charge in [0.1, 0.15) is 15.4 Å². The third kappa shape index (κ3) is 7.28. The number of aryl methyl sites for hydroxylation is 2. The molecule has 6 aromatic rings. The number of barbiturate groups is 1. The van der Waals surface area contributed by atoms with Crippen molar-refractivity contribution in [3.05, 3.63) is 106 Å². The molecule has 1 unspecified atom stereocenters. The monoisotopic (exact) mass is 892 g/mol. The number of rotatable bonds is 12. The molecule has 3 heterocycles. The molecular weight excluding hydrogens is 845 g/mol. The van der Waals surface area contributed by atoms with Crippen LogP contribution in [0.1, 0.15) is 53.4 Å². The number of urea groups is 1. The maximum atomic E-state index is 14.8. The molecule has 4 amide bonds. The van der Waals surface area contributed by atoms with Crippen molar-refractivity contribution >= 4 is 93.6 Å². The van der Waals surface area contributed by atoms with Crippen molar-refractivity contribution in [1.82, 2.24) is 18.9 Å². The van der Waals surface area contributed by atoms with Gasteiger partial charge in [0.2, 0.25) is 0 Å². The highest BCUT2D eigenvalue weighted by Gasteiger charge is 2.46. The molecule has 2 aromatic heterocycles. The van der Waals surface area contributed by atoms with Crippen LogP contribution < -0.4 is 10.7 Å². The third-order valence-electron chi connectivity index (χ3n) is 12.2. The number of hydrogen-bond acceptors (Lipinski definition) is 8. The number of amides is 4. The Bertz CT molecular complexity index is 3170. The summed E-state index contributed by atoms with van der Waals surface area (Å²) in [4.78, 5) is 45.3. The second kappa shape index (κ2) is 16.7. The number of unbranched alkanes of at least 4 members (excludes halogenated alkanes) is 1. The van der Waals surface area contributed by atoms with Crippen LogP contribution in [0.5, 0.6) is 0 Å². The molecule has 1 atom stereocenters. The molecule has 1 saturated carbocycles. The molecule has 1 aliphatic heterocycles. The first kappa shape index (κ1) is 43.7. The molecule has 2 N–H and O–H groups in total. The number of aromatic nitrogens is 2.